The number of hydrogen-bond acceptors (Lipinski definition) is 4. The molecule has 2 heterocycles. The largest absolute Gasteiger partial charge is 0.323 e. The van der Waals surface area contributed by atoms with Crippen molar-refractivity contribution in [1.82, 2.24) is 15.0 Å². The maximum atomic E-state index is 11.9. The summed E-state index contributed by atoms with van der Waals surface area (Å²) in [6, 6.07) is 8.86. The number of anilines is 2. The van der Waals surface area contributed by atoms with Crippen molar-refractivity contribution in [3.05, 3.63) is 55.2 Å². The van der Waals surface area contributed by atoms with Crippen LogP contribution in [0.5, 0.6) is 0 Å². The van der Waals surface area contributed by atoms with Gasteiger partial charge in [-0.25, -0.2) is 14.8 Å². The third-order valence-electron chi connectivity index (χ3n) is 2.71. The SMILES string of the molecule is O=C(Nc1ccccc1)Nc1cncc2ncncc12. The third kappa shape index (κ3) is 2.54. The monoisotopic (exact) mass is 265 g/mol. The van der Waals surface area contributed by atoms with Crippen LogP contribution in [-0.4, -0.2) is 21.0 Å². The molecule has 0 unspecified atom stereocenters. The van der Waals surface area contributed by atoms with E-state index in [2.05, 4.69) is 25.6 Å². The molecular weight excluding hydrogens is 254 g/mol. The summed E-state index contributed by atoms with van der Waals surface area (Å²) in [4.78, 5) is 24.0. The molecule has 0 spiro atoms. The van der Waals surface area contributed by atoms with Crippen LogP contribution >= 0.6 is 0 Å². The van der Waals surface area contributed by atoms with E-state index in [4.69, 9.17) is 0 Å². The van der Waals surface area contributed by atoms with Crippen molar-refractivity contribution in [2.24, 2.45) is 0 Å². The Balaban J connectivity index is 1.81. The van der Waals surface area contributed by atoms with Crippen LogP contribution in [0.1, 0.15) is 0 Å². The lowest BCUT2D eigenvalue weighted by Crippen LogP contribution is -2.19. The molecule has 98 valence electrons. The molecule has 0 saturated carbocycles. The number of hydrogen-bond donors (Lipinski definition) is 2. The number of urea groups is 1. The molecule has 3 rings (SSSR count). The average molecular weight is 265 g/mol. The van der Waals surface area contributed by atoms with Crippen LogP contribution in [0.15, 0.2) is 55.2 Å². The minimum Gasteiger partial charge on any atom is -0.308 e. The van der Waals surface area contributed by atoms with Gasteiger partial charge in [-0.15, -0.1) is 0 Å². The molecule has 0 aliphatic carbocycles. The molecule has 1 aromatic carbocycles. The van der Waals surface area contributed by atoms with Crippen LogP contribution in [0.3, 0.4) is 0 Å². The molecule has 2 N–H and O–H groups in total. The van der Waals surface area contributed by atoms with Gasteiger partial charge in [-0.3, -0.25) is 4.98 Å². The van der Waals surface area contributed by atoms with E-state index < -0.39 is 0 Å². The van der Waals surface area contributed by atoms with Crippen LogP contribution < -0.4 is 10.6 Å². The highest BCUT2D eigenvalue weighted by Crippen LogP contribution is 2.19. The highest BCUT2D eigenvalue weighted by molar-refractivity contribution is 6.04. The maximum absolute atomic E-state index is 11.9. The summed E-state index contributed by atoms with van der Waals surface area (Å²) in [6.07, 6.45) is 6.27. The first kappa shape index (κ1) is 12.0. The lowest BCUT2D eigenvalue weighted by atomic mass is 10.2. The van der Waals surface area contributed by atoms with E-state index in [-0.39, 0.29) is 6.03 Å². The fraction of sp³-hybridized carbons (Fsp3) is 0. The predicted octanol–water partition coefficient (Wildman–Crippen LogP) is 2.67. The van der Waals surface area contributed by atoms with E-state index in [9.17, 15) is 4.79 Å². The van der Waals surface area contributed by atoms with Crippen molar-refractivity contribution in [2.45, 2.75) is 0 Å². The van der Waals surface area contributed by atoms with Gasteiger partial charge in [0.1, 0.15) is 6.33 Å². The molecular formula is C14H11N5O. The third-order valence-corrected chi connectivity index (χ3v) is 2.71. The Morgan fingerprint density at radius 2 is 1.80 bits per heavy atom. The molecule has 6 nitrogen and oxygen atoms in total. The Hall–Kier alpha value is -3.02. The minimum atomic E-state index is -0.339. The Morgan fingerprint density at radius 1 is 0.950 bits per heavy atom. The van der Waals surface area contributed by atoms with Gasteiger partial charge in [0, 0.05) is 17.3 Å². The molecule has 2 aromatic heterocycles. The zero-order chi connectivity index (χ0) is 13.8. The Kier molecular flexibility index (Phi) is 3.20. The number of fused-ring (bicyclic) bond motifs is 1. The molecule has 2 amide bonds. The van der Waals surface area contributed by atoms with E-state index in [1.807, 2.05) is 30.3 Å². The van der Waals surface area contributed by atoms with E-state index >= 15 is 0 Å². The molecule has 20 heavy (non-hydrogen) atoms. The van der Waals surface area contributed by atoms with Crippen molar-refractivity contribution in [2.75, 3.05) is 10.6 Å². The molecule has 0 saturated heterocycles. The van der Waals surface area contributed by atoms with Gasteiger partial charge in [0.05, 0.1) is 23.6 Å². The van der Waals surface area contributed by atoms with Crippen LogP contribution in [-0.2, 0) is 0 Å². The first-order chi connectivity index (χ1) is 9.83. The lowest BCUT2D eigenvalue weighted by molar-refractivity contribution is 0.262. The van der Waals surface area contributed by atoms with Gasteiger partial charge in [-0.05, 0) is 12.1 Å². The molecule has 6 heteroatoms. The van der Waals surface area contributed by atoms with Crippen molar-refractivity contribution in [3.8, 4) is 0 Å². The number of benzene rings is 1. The van der Waals surface area contributed by atoms with E-state index in [1.54, 1.807) is 18.6 Å². The molecule has 0 bridgehead atoms. The zero-order valence-corrected chi connectivity index (χ0v) is 10.4. The van der Waals surface area contributed by atoms with E-state index in [0.717, 1.165) is 11.1 Å². The molecule has 3 aromatic rings. The highest BCUT2D eigenvalue weighted by atomic mass is 16.2. The fourth-order valence-electron chi connectivity index (χ4n) is 1.81. The maximum Gasteiger partial charge on any atom is 0.323 e. The molecule has 0 fully saturated rings. The predicted molar refractivity (Wildman–Crippen MR) is 76.4 cm³/mol. The van der Waals surface area contributed by atoms with Crippen molar-refractivity contribution >= 4 is 28.3 Å². The quantitative estimate of drug-likeness (QED) is 0.746. The molecule has 0 radical (unpaired) electrons. The summed E-state index contributed by atoms with van der Waals surface area (Å²) in [6.45, 7) is 0. The number of amides is 2. The zero-order valence-electron chi connectivity index (χ0n) is 10.4. The summed E-state index contributed by atoms with van der Waals surface area (Å²) >= 11 is 0. The van der Waals surface area contributed by atoms with Crippen LogP contribution in [0.25, 0.3) is 10.9 Å². The van der Waals surface area contributed by atoms with Gasteiger partial charge in [0.15, 0.2) is 0 Å². The minimum absolute atomic E-state index is 0.339. The van der Waals surface area contributed by atoms with Gasteiger partial charge in [-0.1, -0.05) is 18.2 Å². The Bertz CT molecular complexity index is 739. The van der Waals surface area contributed by atoms with Crippen molar-refractivity contribution in [1.29, 1.82) is 0 Å². The van der Waals surface area contributed by atoms with Gasteiger partial charge in [0.2, 0.25) is 0 Å². The Morgan fingerprint density at radius 3 is 2.65 bits per heavy atom. The first-order valence-corrected chi connectivity index (χ1v) is 6.00. The van der Waals surface area contributed by atoms with Crippen LogP contribution in [0, 0.1) is 0 Å². The highest BCUT2D eigenvalue weighted by Gasteiger charge is 2.06. The number of pyridine rings is 1. The molecule has 0 aliphatic heterocycles. The van der Waals surface area contributed by atoms with Crippen LogP contribution in [0.4, 0.5) is 16.2 Å². The standard InChI is InChI=1S/C14H11N5O/c20-14(18-10-4-2-1-3-5-10)19-13-8-15-7-12-11(13)6-16-9-17-12/h1-9H,(H2,18,19,20). The smallest absolute Gasteiger partial charge is 0.308 e. The second-order valence-electron chi connectivity index (χ2n) is 4.09. The number of nitrogens with zero attached hydrogens (tertiary/aromatic N) is 3. The van der Waals surface area contributed by atoms with Crippen molar-refractivity contribution in [3.63, 3.8) is 0 Å². The van der Waals surface area contributed by atoms with Crippen LogP contribution in [0.2, 0.25) is 0 Å². The van der Waals surface area contributed by atoms with Gasteiger partial charge >= 0.3 is 6.03 Å². The Labute approximate surface area is 114 Å². The number of para-hydroxylation sites is 1. The molecule has 0 atom stereocenters. The summed E-state index contributed by atoms with van der Waals surface area (Å²) in [5, 5.41) is 6.22. The second-order valence-corrected chi connectivity index (χ2v) is 4.09. The average Bonchev–Trinajstić information content (AvgIpc) is 2.48. The fourth-order valence-corrected chi connectivity index (χ4v) is 1.81. The van der Waals surface area contributed by atoms with Gasteiger partial charge in [0.25, 0.3) is 0 Å². The van der Waals surface area contributed by atoms with E-state index in [0.29, 0.717) is 11.2 Å². The number of rotatable bonds is 2. The van der Waals surface area contributed by atoms with E-state index in [1.165, 1.54) is 6.33 Å². The first-order valence-electron chi connectivity index (χ1n) is 6.00. The second kappa shape index (κ2) is 5.31. The number of carbonyl (C=O) groups is 1. The summed E-state index contributed by atoms with van der Waals surface area (Å²) < 4.78 is 0. The summed E-state index contributed by atoms with van der Waals surface area (Å²) in [5.41, 5.74) is 1.96. The normalized spacial score (nSPS) is 10.2. The lowest BCUT2D eigenvalue weighted by Gasteiger charge is -2.08. The number of aromatic nitrogens is 3. The van der Waals surface area contributed by atoms with Gasteiger partial charge < -0.3 is 10.6 Å². The van der Waals surface area contributed by atoms with Crippen molar-refractivity contribution < 1.29 is 4.79 Å². The number of carbonyl (C=O) groups excluding carboxylic acids is 1. The number of nitrogens with one attached hydrogen (secondary N) is 2. The molecule has 0 aliphatic rings. The summed E-state index contributed by atoms with van der Waals surface area (Å²) in [5.74, 6) is 0. The van der Waals surface area contributed by atoms with Gasteiger partial charge in [-0.2, -0.15) is 0 Å². The summed E-state index contributed by atoms with van der Waals surface area (Å²) in [7, 11) is 0. The topological polar surface area (TPSA) is 79.8 Å².